The zero-order valence-electron chi connectivity index (χ0n) is 25.8. The molecule has 0 unspecified atom stereocenters. The zero-order chi connectivity index (χ0) is 35.5. The number of nitrogens with two attached hydrogens (primary N) is 2. The SMILES string of the molecule is Nc1ccc2c(c1)c1cc[n+]2CCCCC[n+]2ccc(c3cc(N)ccc32)NCCCCCN1.O=C([O-])C(F)(F)F.O=C([O-])C(F)(F)F. The number of hydrogen-bond acceptors (Lipinski definition) is 8. The quantitative estimate of drug-likeness (QED) is 0.125. The van der Waals surface area contributed by atoms with Crippen molar-refractivity contribution in [3.63, 3.8) is 0 Å². The number of aromatic nitrogens is 2. The summed E-state index contributed by atoms with van der Waals surface area (Å²) in [7, 11) is 0. The molecule has 2 aromatic carbocycles. The lowest BCUT2D eigenvalue weighted by molar-refractivity contribution is -0.675. The molecule has 0 saturated carbocycles. The van der Waals surface area contributed by atoms with Crippen molar-refractivity contribution in [3.8, 4) is 0 Å². The van der Waals surface area contributed by atoms with Gasteiger partial charge in [-0.3, -0.25) is 0 Å². The van der Waals surface area contributed by atoms with Crippen molar-refractivity contribution in [1.29, 1.82) is 0 Å². The Morgan fingerprint density at radius 1 is 0.604 bits per heavy atom. The van der Waals surface area contributed by atoms with Crippen LogP contribution < -0.4 is 41.4 Å². The van der Waals surface area contributed by atoms with Gasteiger partial charge in [0, 0.05) is 61.6 Å². The molecule has 6 N–H and O–H groups in total. The maximum absolute atomic E-state index is 10.5. The highest BCUT2D eigenvalue weighted by atomic mass is 19.4. The van der Waals surface area contributed by atoms with Crippen molar-refractivity contribution >= 4 is 56.5 Å². The van der Waals surface area contributed by atoms with Crippen LogP contribution in [0.4, 0.5) is 49.1 Å². The number of pyridine rings is 2. The number of carboxylic acids is 2. The molecule has 48 heavy (non-hydrogen) atoms. The number of halogens is 6. The fraction of sp³-hybridized carbons (Fsp3) is 0.375. The van der Waals surface area contributed by atoms with Gasteiger partial charge < -0.3 is 41.9 Å². The molecule has 0 spiro atoms. The van der Waals surface area contributed by atoms with Gasteiger partial charge in [-0.1, -0.05) is 0 Å². The highest BCUT2D eigenvalue weighted by molar-refractivity contribution is 5.92. The molecule has 0 fully saturated rings. The molecule has 0 amide bonds. The van der Waals surface area contributed by atoms with Gasteiger partial charge in [-0.15, -0.1) is 0 Å². The first-order valence-corrected chi connectivity index (χ1v) is 15.1. The molecule has 2 aromatic heterocycles. The Hall–Kier alpha value is -5.02. The zero-order valence-corrected chi connectivity index (χ0v) is 25.8. The second kappa shape index (κ2) is 16.7. The molecule has 16 heteroatoms. The van der Waals surface area contributed by atoms with Crippen LogP contribution in [0.25, 0.3) is 21.8 Å². The van der Waals surface area contributed by atoms with E-state index in [1.54, 1.807) is 0 Å². The summed E-state index contributed by atoms with van der Waals surface area (Å²) in [5.74, 6) is -6.01. The number of carbonyl (C=O) groups excluding carboxylic acids is 2. The summed E-state index contributed by atoms with van der Waals surface area (Å²) in [5, 5.41) is 27.3. The number of fused-ring (bicyclic) bond motifs is 12. The first kappa shape index (κ1) is 37.4. The lowest BCUT2D eigenvalue weighted by Gasteiger charge is -2.12. The monoisotopic (exact) mass is 682 g/mol. The van der Waals surface area contributed by atoms with Gasteiger partial charge in [-0.25, -0.2) is 0 Å². The van der Waals surface area contributed by atoms with Crippen LogP contribution in [0.15, 0.2) is 60.9 Å². The van der Waals surface area contributed by atoms with Crippen molar-refractivity contribution in [1.82, 2.24) is 0 Å². The van der Waals surface area contributed by atoms with Gasteiger partial charge in [0.1, 0.15) is 25.0 Å². The minimum atomic E-state index is -5.19. The third-order valence-corrected chi connectivity index (χ3v) is 7.33. The number of nitrogen functional groups attached to an aromatic ring is 2. The first-order valence-electron chi connectivity index (χ1n) is 15.1. The normalized spacial score (nSPS) is 14.5. The fourth-order valence-corrected chi connectivity index (χ4v) is 5.02. The van der Waals surface area contributed by atoms with E-state index in [1.165, 1.54) is 46.0 Å². The minimum Gasteiger partial charge on any atom is -0.542 e. The molecule has 0 saturated heterocycles. The van der Waals surface area contributed by atoms with E-state index < -0.39 is 24.3 Å². The average Bonchev–Trinajstić information content (AvgIpc) is 3.00. The van der Waals surface area contributed by atoms with Gasteiger partial charge >= 0.3 is 12.4 Å². The summed E-state index contributed by atoms with van der Waals surface area (Å²) < 4.78 is 67.8. The Morgan fingerprint density at radius 3 is 1.31 bits per heavy atom. The highest BCUT2D eigenvalue weighted by Crippen LogP contribution is 2.25. The maximum Gasteiger partial charge on any atom is 0.430 e. The van der Waals surface area contributed by atoms with Crippen molar-refractivity contribution in [2.24, 2.45) is 0 Å². The average molecular weight is 683 g/mol. The number of carbonyl (C=O) groups is 2. The summed E-state index contributed by atoms with van der Waals surface area (Å²) in [6, 6.07) is 16.9. The highest BCUT2D eigenvalue weighted by Gasteiger charge is 2.29. The van der Waals surface area contributed by atoms with Gasteiger partial charge in [0.05, 0.1) is 22.1 Å². The van der Waals surface area contributed by atoms with Crippen LogP contribution in [0.2, 0.25) is 0 Å². The Balaban J connectivity index is 0.000000376. The molecule has 10 nitrogen and oxygen atoms in total. The molecule has 0 radical (unpaired) electrons. The van der Waals surface area contributed by atoms with Crippen LogP contribution >= 0.6 is 0 Å². The number of rotatable bonds is 0. The van der Waals surface area contributed by atoms with Crippen molar-refractivity contribution in [2.75, 3.05) is 35.2 Å². The number of hydrogen-bond donors (Lipinski definition) is 4. The topological polar surface area (TPSA) is 164 Å². The maximum atomic E-state index is 10.5. The lowest BCUT2D eigenvalue weighted by atomic mass is 10.1. The van der Waals surface area contributed by atoms with Crippen LogP contribution in [0.5, 0.6) is 0 Å². The van der Waals surface area contributed by atoms with Crippen molar-refractivity contribution < 1.29 is 55.3 Å². The van der Waals surface area contributed by atoms with Crippen LogP contribution in [-0.2, 0) is 22.7 Å². The van der Waals surface area contributed by atoms with Gasteiger partial charge in [0.2, 0.25) is 11.0 Å². The van der Waals surface area contributed by atoms with Gasteiger partial charge in [-0.2, -0.15) is 35.5 Å². The Morgan fingerprint density at radius 2 is 0.958 bits per heavy atom. The largest absolute Gasteiger partial charge is 0.542 e. The Labute approximate surface area is 272 Å². The van der Waals surface area contributed by atoms with Crippen molar-refractivity contribution in [2.45, 2.75) is 64.0 Å². The van der Waals surface area contributed by atoms with Crippen LogP contribution in [0.3, 0.4) is 0 Å². The first-order chi connectivity index (χ1) is 22.6. The molecule has 260 valence electrons. The van der Waals surface area contributed by atoms with E-state index in [0.717, 1.165) is 63.2 Å². The molecular formula is C32H36F6N6O4. The van der Waals surface area contributed by atoms with E-state index in [-0.39, 0.29) is 0 Å². The number of anilines is 4. The summed E-state index contributed by atoms with van der Waals surface area (Å²) in [4.78, 5) is 17.6. The van der Waals surface area contributed by atoms with E-state index in [4.69, 9.17) is 31.3 Å². The van der Waals surface area contributed by atoms with E-state index in [2.05, 4.69) is 68.6 Å². The number of benzene rings is 2. The fourth-order valence-electron chi connectivity index (χ4n) is 5.02. The van der Waals surface area contributed by atoms with Crippen LogP contribution in [0, 0.1) is 0 Å². The number of aliphatic carboxylic acids is 2. The number of nitrogens with zero attached hydrogens (tertiary/aromatic N) is 2. The molecule has 4 heterocycles. The minimum absolute atomic E-state index is 0.811. The van der Waals surface area contributed by atoms with Gasteiger partial charge in [0.25, 0.3) is 0 Å². The predicted molar refractivity (Wildman–Crippen MR) is 164 cm³/mol. The third-order valence-electron chi connectivity index (χ3n) is 7.33. The predicted octanol–water partition coefficient (Wildman–Crippen LogP) is 3.21. The van der Waals surface area contributed by atoms with Crippen LogP contribution in [-0.4, -0.2) is 37.4 Å². The molecule has 6 rings (SSSR count). The molecule has 4 aromatic rings. The van der Waals surface area contributed by atoms with Crippen LogP contribution in [0.1, 0.15) is 38.5 Å². The lowest BCUT2D eigenvalue weighted by Crippen LogP contribution is -2.37. The molecular weight excluding hydrogens is 646 g/mol. The van der Waals surface area contributed by atoms with E-state index in [1.807, 2.05) is 12.1 Å². The molecule has 2 aliphatic heterocycles. The number of aryl methyl sites for hydroxylation is 2. The second-order valence-corrected chi connectivity index (χ2v) is 10.9. The van der Waals surface area contributed by atoms with E-state index in [0.29, 0.717) is 0 Å². The number of alkyl halides is 6. The summed E-state index contributed by atoms with van der Waals surface area (Å²) in [5.41, 5.74) is 18.7. The summed E-state index contributed by atoms with van der Waals surface area (Å²) >= 11 is 0. The Bertz CT molecular complexity index is 1590. The van der Waals surface area contributed by atoms with E-state index >= 15 is 0 Å². The van der Waals surface area contributed by atoms with Gasteiger partial charge in [0.15, 0.2) is 12.4 Å². The van der Waals surface area contributed by atoms with E-state index in [9.17, 15) is 26.3 Å². The summed E-state index contributed by atoms with van der Waals surface area (Å²) in [6.45, 7) is 3.93. The second-order valence-electron chi connectivity index (χ2n) is 10.9. The number of nitrogens with one attached hydrogen (secondary N) is 2. The molecule has 0 aliphatic carbocycles. The molecule has 2 aliphatic rings. The Kier molecular flexibility index (Phi) is 13.0. The molecule has 4 bridgehead atoms. The van der Waals surface area contributed by atoms with Crippen molar-refractivity contribution in [3.05, 3.63) is 60.9 Å². The summed E-state index contributed by atoms with van der Waals surface area (Å²) in [6.07, 6.45) is 0.922. The molecule has 0 atom stereocenters. The smallest absolute Gasteiger partial charge is 0.430 e. The third kappa shape index (κ3) is 11.1. The standard InChI is InChI=1S/C28H34N6.2C2HF3O2/c29-21-7-9-27-23(19-21)25-11-17-33(27)15-5-2-6-16-34-18-12-26(32-14-4-1-3-13-31-25)24-20-22(30)8-10-28(24)34;2*3-2(4,5)1(6)7/h7-12,17-20H,1-6,13-16,29-30H2;2*(H,6,7). The van der Waals surface area contributed by atoms with Gasteiger partial charge in [-0.05, 0) is 49.9 Å². The number of carboxylic acid groups (broad SMARTS) is 2.